The number of hydrogen-bond donors (Lipinski definition) is 1. The summed E-state index contributed by atoms with van der Waals surface area (Å²) in [6, 6.07) is 0.590. The standard InChI is InChI=1S/C16H28N2O/c1-11-14(12(2)19-18-11)9-17-13-7-15(3,4)10-16(5,6)8-13/h13,17H,7-10H2,1-6H3. The maximum atomic E-state index is 5.23. The van der Waals surface area contributed by atoms with Gasteiger partial charge in [0.05, 0.1) is 5.69 Å². The van der Waals surface area contributed by atoms with E-state index in [4.69, 9.17) is 4.52 Å². The molecule has 0 unspecified atom stereocenters. The molecule has 1 fully saturated rings. The molecule has 0 bridgehead atoms. The molecule has 0 spiro atoms. The minimum atomic E-state index is 0.429. The summed E-state index contributed by atoms with van der Waals surface area (Å²) in [5.74, 6) is 0.944. The lowest BCUT2D eigenvalue weighted by Crippen LogP contribution is -2.43. The van der Waals surface area contributed by atoms with Crippen LogP contribution in [-0.4, -0.2) is 11.2 Å². The molecule has 1 N–H and O–H groups in total. The van der Waals surface area contributed by atoms with E-state index in [2.05, 4.69) is 38.2 Å². The van der Waals surface area contributed by atoms with Gasteiger partial charge in [-0.15, -0.1) is 0 Å². The van der Waals surface area contributed by atoms with E-state index in [0.29, 0.717) is 16.9 Å². The lowest BCUT2D eigenvalue weighted by Gasteiger charge is -2.45. The SMILES string of the molecule is Cc1noc(C)c1CNC1CC(C)(C)CC(C)(C)C1. The van der Waals surface area contributed by atoms with Crippen LogP contribution in [-0.2, 0) is 6.54 Å². The van der Waals surface area contributed by atoms with E-state index >= 15 is 0 Å². The summed E-state index contributed by atoms with van der Waals surface area (Å²) in [6.45, 7) is 14.4. The van der Waals surface area contributed by atoms with Crippen molar-refractivity contribution in [3.05, 3.63) is 17.0 Å². The number of rotatable bonds is 3. The zero-order valence-corrected chi connectivity index (χ0v) is 13.3. The summed E-state index contributed by atoms with van der Waals surface area (Å²) in [4.78, 5) is 0. The average molecular weight is 264 g/mol. The van der Waals surface area contributed by atoms with Crippen LogP contribution in [0, 0.1) is 24.7 Å². The van der Waals surface area contributed by atoms with Crippen LogP contribution in [0.3, 0.4) is 0 Å². The van der Waals surface area contributed by atoms with Gasteiger partial charge in [0.2, 0.25) is 0 Å². The maximum absolute atomic E-state index is 5.23. The Morgan fingerprint density at radius 2 is 1.74 bits per heavy atom. The molecular formula is C16H28N2O. The second-order valence-corrected chi connectivity index (χ2v) is 7.79. The first-order valence-corrected chi connectivity index (χ1v) is 7.34. The van der Waals surface area contributed by atoms with Crippen molar-refractivity contribution in [3.63, 3.8) is 0 Å². The third-order valence-corrected chi connectivity index (χ3v) is 4.30. The summed E-state index contributed by atoms with van der Waals surface area (Å²) < 4.78 is 5.23. The number of aromatic nitrogens is 1. The van der Waals surface area contributed by atoms with Crippen molar-refractivity contribution in [2.75, 3.05) is 0 Å². The number of hydrogen-bond acceptors (Lipinski definition) is 3. The number of aryl methyl sites for hydroxylation is 2. The van der Waals surface area contributed by atoms with Crippen molar-refractivity contribution in [3.8, 4) is 0 Å². The second kappa shape index (κ2) is 4.93. The zero-order valence-electron chi connectivity index (χ0n) is 13.3. The van der Waals surface area contributed by atoms with Gasteiger partial charge in [-0.05, 0) is 43.9 Å². The van der Waals surface area contributed by atoms with Crippen molar-refractivity contribution in [2.45, 2.75) is 73.4 Å². The second-order valence-electron chi connectivity index (χ2n) is 7.79. The molecule has 108 valence electrons. The minimum absolute atomic E-state index is 0.429. The van der Waals surface area contributed by atoms with Gasteiger partial charge in [0.25, 0.3) is 0 Å². The molecule has 1 saturated carbocycles. The first-order chi connectivity index (χ1) is 8.69. The molecule has 0 radical (unpaired) electrons. The Morgan fingerprint density at radius 3 is 2.21 bits per heavy atom. The molecule has 1 heterocycles. The van der Waals surface area contributed by atoms with Crippen molar-refractivity contribution >= 4 is 0 Å². The van der Waals surface area contributed by atoms with Gasteiger partial charge in [-0.25, -0.2) is 0 Å². The molecule has 2 rings (SSSR count). The molecule has 0 saturated heterocycles. The van der Waals surface area contributed by atoms with Crippen LogP contribution in [0.1, 0.15) is 64.0 Å². The number of nitrogens with zero attached hydrogens (tertiary/aromatic N) is 1. The smallest absolute Gasteiger partial charge is 0.138 e. The van der Waals surface area contributed by atoms with E-state index in [1.54, 1.807) is 0 Å². The van der Waals surface area contributed by atoms with Crippen molar-refractivity contribution in [1.29, 1.82) is 0 Å². The van der Waals surface area contributed by atoms with Gasteiger partial charge < -0.3 is 9.84 Å². The third-order valence-electron chi connectivity index (χ3n) is 4.30. The molecule has 3 heteroatoms. The Hall–Kier alpha value is -0.830. The van der Waals surface area contributed by atoms with Crippen molar-refractivity contribution < 1.29 is 4.52 Å². The lowest BCUT2D eigenvalue weighted by molar-refractivity contribution is 0.0844. The minimum Gasteiger partial charge on any atom is -0.361 e. The molecule has 0 atom stereocenters. The van der Waals surface area contributed by atoms with E-state index in [9.17, 15) is 0 Å². The highest BCUT2D eigenvalue weighted by atomic mass is 16.5. The quantitative estimate of drug-likeness (QED) is 0.897. The fraction of sp³-hybridized carbons (Fsp3) is 0.812. The van der Waals surface area contributed by atoms with Gasteiger partial charge in [-0.3, -0.25) is 0 Å². The Balaban J connectivity index is 2.00. The molecule has 1 aromatic rings. The third kappa shape index (κ3) is 3.59. The van der Waals surface area contributed by atoms with E-state index < -0.39 is 0 Å². The molecule has 1 aliphatic rings. The van der Waals surface area contributed by atoms with Gasteiger partial charge in [-0.1, -0.05) is 32.9 Å². The topological polar surface area (TPSA) is 38.1 Å². The van der Waals surface area contributed by atoms with Gasteiger partial charge in [0.15, 0.2) is 0 Å². The van der Waals surface area contributed by atoms with E-state index in [0.717, 1.165) is 18.0 Å². The van der Waals surface area contributed by atoms with Crippen LogP contribution in [0.5, 0.6) is 0 Å². The fourth-order valence-corrected chi connectivity index (χ4v) is 3.99. The van der Waals surface area contributed by atoms with Gasteiger partial charge in [0.1, 0.15) is 5.76 Å². The Kier molecular flexibility index (Phi) is 3.78. The lowest BCUT2D eigenvalue weighted by atomic mass is 9.63. The van der Waals surface area contributed by atoms with Crippen LogP contribution in [0.2, 0.25) is 0 Å². The van der Waals surface area contributed by atoms with Crippen LogP contribution in [0.15, 0.2) is 4.52 Å². The van der Waals surface area contributed by atoms with Crippen LogP contribution < -0.4 is 5.32 Å². The summed E-state index contributed by atoms with van der Waals surface area (Å²) in [5.41, 5.74) is 3.09. The van der Waals surface area contributed by atoms with E-state index in [-0.39, 0.29) is 0 Å². The average Bonchev–Trinajstić information content (AvgIpc) is 2.51. The van der Waals surface area contributed by atoms with Crippen molar-refractivity contribution in [1.82, 2.24) is 10.5 Å². The first kappa shape index (κ1) is 14.6. The van der Waals surface area contributed by atoms with Crippen LogP contribution in [0.25, 0.3) is 0 Å². The molecule has 1 aromatic heterocycles. The highest BCUT2D eigenvalue weighted by molar-refractivity contribution is 5.20. The highest BCUT2D eigenvalue weighted by Gasteiger charge is 2.38. The van der Waals surface area contributed by atoms with Gasteiger partial charge >= 0.3 is 0 Å². The molecule has 0 amide bonds. The molecule has 1 aliphatic carbocycles. The Labute approximate surface area is 117 Å². The van der Waals surface area contributed by atoms with E-state index in [1.807, 2.05) is 13.8 Å². The normalized spacial score (nSPS) is 22.6. The monoisotopic (exact) mass is 264 g/mol. The maximum Gasteiger partial charge on any atom is 0.138 e. The molecule has 0 aliphatic heterocycles. The molecular weight excluding hydrogens is 236 g/mol. The number of nitrogens with one attached hydrogen (secondary N) is 1. The fourth-order valence-electron chi connectivity index (χ4n) is 3.99. The first-order valence-electron chi connectivity index (χ1n) is 7.34. The zero-order chi connectivity index (χ0) is 14.3. The predicted octanol–water partition coefficient (Wildman–Crippen LogP) is 3.99. The van der Waals surface area contributed by atoms with Crippen LogP contribution >= 0.6 is 0 Å². The van der Waals surface area contributed by atoms with Gasteiger partial charge in [-0.2, -0.15) is 0 Å². The van der Waals surface area contributed by atoms with Crippen LogP contribution in [0.4, 0.5) is 0 Å². The molecule has 19 heavy (non-hydrogen) atoms. The largest absolute Gasteiger partial charge is 0.361 e. The Bertz CT molecular complexity index is 410. The predicted molar refractivity (Wildman–Crippen MR) is 78.0 cm³/mol. The summed E-state index contributed by atoms with van der Waals surface area (Å²) in [6.07, 6.45) is 3.81. The van der Waals surface area contributed by atoms with Crippen molar-refractivity contribution in [2.24, 2.45) is 10.8 Å². The Morgan fingerprint density at radius 1 is 1.16 bits per heavy atom. The summed E-state index contributed by atoms with van der Waals surface area (Å²) in [5, 5.41) is 7.74. The molecule has 0 aromatic carbocycles. The highest BCUT2D eigenvalue weighted by Crippen LogP contribution is 2.45. The van der Waals surface area contributed by atoms with E-state index in [1.165, 1.54) is 24.8 Å². The molecule has 3 nitrogen and oxygen atoms in total. The summed E-state index contributed by atoms with van der Waals surface area (Å²) in [7, 11) is 0. The summed E-state index contributed by atoms with van der Waals surface area (Å²) >= 11 is 0. The van der Waals surface area contributed by atoms with Gasteiger partial charge in [0, 0.05) is 18.2 Å².